The first-order valence-electron chi connectivity index (χ1n) is 5.05. The number of rotatable bonds is 0. The average Bonchev–Trinajstić information content (AvgIpc) is 2.78. The van der Waals surface area contributed by atoms with Crippen molar-refractivity contribution in [2.24, 2.45) is 35.5 Å². The van der Waals surface area contributed by atoms with E-state index in [9.17, 15) is 0 Å². The highest BCUT2D eigenvalue weighted by Crippen LogP contribution is 2.74. The lowest BCUT2D eigenvalue weighted by molar-refractivity contribution is 0.357. The number of hydrogen-bond donors (Lipinski definition) is 0. The van der Waals surface area contributed by atoms with Crippen LogP contribution < -0.4 is 0 Å². The SMILES string of the molecule is C=C1C2CC3CC4CC4C3C12. The van der Waals surface area contributed by atoms with Crippen LogP contribution in [-0.2, 0) is 0 Å². The number of fused-ring (bicyclic) bond motifs is 5. The van der Waals surface area contributed by atoms with Gasteiger partial charge in [0.25, 0.3) is 0 Å². The summed E-state index contributed by atoms with van der Waals surface area (Å²) in [5.74, 6) is 6.68. The molecule has 6 atom stereocenters. The minimum absolute atomic E-state index is 1.01. The van der Waals surface area contributed by atoms with Gasteiger partial charge in [0.2, 0.25) is 0 Å². The predicted octanol–water partition coefficient (Wildman–Crippen LogP) is 2.46. The molecular formula is C11H14. The van der Waals surface area contributed by atoms with E-state index in [2.05, 4.69) is 6.58 Å². The first kappa shape index (κ1) is 5.40. The average molecular weight is 146 g/mol. The van der Waals surface area contributed by atoms with Crippen LogP contribution in [0.1, 0.15) is 19.3 Å². The van der Waals surface area contributed by atoms with Crippen LogP contribution in [0.3, 0.4) is 0 Å². The van der Waals surface area contributed by atoms with Crippen molar-refractivity contribution in [1.29, 1.82) is 0 Å². The Morgan fingerprint density at radius 1 is 1.09 bits per heavy atom. The molecular weight excluding hydrogens is 132 g/mol. The van der Waals surface area contributed by atoms with Gasteiger partial charge in [0, 0.05) is 0 Å². The Labute approximate surface area is 67.7 Å². The van der Waals surface area contributed by atoms with Gasteiger partial charge in [-0.1, -0.05) is 12.2 Å². The highest BCUT2D eigenvalue weighted by atomic mass is 14.7. The lowest BCUT2D eigenvalue weighted by Gasteiger charge is -2.15. The molecule has 4 saturated carbocycles. The fourth-order valence-corrected chi connectivity index (χ4v) is 4.26. The molecule has 0 nitrogen and oxygen atoms in total. The molecule has 0 bridgehead atoms. The van der Waals surface area contributed by atoms with Crippen molar-refractivity contribution in [1.82, 2.24) is 0 Å². The van der Waals surface area contributed by atoms with E-state index in [0.717, 1.165) is 23.7 Å². The lowest BCUT2D eigenvalue weighted by atomic mass is 9.89. The largest absolute Gasteiger partial charge is 0.0992 e. The molecule has 0 aromatic rings. The normalized spacial score (nSPS) is 68.9. The first-order chi connectivity index (χ1) is 5.36. The third-order valence-corrected chi connectivity index (χ3v) is 4.82. The molecule has 4 aliphatic carbocycles. The molecule has 0 saturated heterocycles. The van der Waals surface area contributed by atoms with Gasteiger partial charge in [-0.25, -0.2) is 0 Å². The maximum Gasteiger partial charge on any atom is -0.0103 e. The standard InChI is InChI=1S/C11H14/c1-5-8-4-7-2-6-3-9(6)11(7)10(5)8/h6-11H,1-4H2. The van der Waals surface area contributed by atoms with E-state index in [1.54, 1.807) is 18.4 Å². The van der Waals surface area contributed by atoms with Crippen LogP contribution in [0.4, 0.5) is 0 Å². The summed E-state index contributed by atoms with van der Waals surface area (Å²) in [7, 11) is 0. The molecule has 11 heavy (non-hydrogen) atoms. The van der Waals surface area contributed by atoms with Crippen LogP contribution in [0.25, 0.3) is 0 Å². The van der Waals surface area contributed by atoms with Gasteiger partial charge in [-0.2, -0.15) is 0 Å². The fourth-order valence-electron chi connectivity index (χ4n) is 4.26. The molecule has 4 aliphatic rings. The van der Waals surface area contributed by atoms with E-state index in [1.807, 2.05) is 0 Å². The monoisotopic (exact) mass is 146 g/mol. The molecule has 0 aromatic heterocycles. The van der Waals surface area contributed by atoms with Crippen molar-refractivity contribution >= 4 is 0 Å². The molecule has 0 amide bonds. The molecule has 0 N–H and O–H groups in total. The maximum atomic E-state index is 4.16. The molecule has 58 valence electrons. The topological polar surface area (TPSA) is 0 Å². The molecule has 0 spiro atoms. The van der Waals surface area contributed by atoms with Crippen molar-refractivity contribution < 1.29 is 0 Å². The smallest absolute Gasteiger partial charge is 0.0103 e. The predicted molar refractivity (Wildman–Crippen MR) is 43.9 cm³/mol. The number of allylic oxidation sites excluding steroid dienone is 1. The summed E-state index contributed by atoms with van der Waals surface area (Å²) in [6, 6.07) is 0. The second kappa shape index (κ2) is 1.32. The fraction of sp³-hybridized carbons (Fsp3) is 0.818. The van der Waals surface area contributed by atoms with Crippen molar-refractivity contribution in [2.45, 2.75) is 19.3 Å². The van der Waals surface area contributed by atoms with E-state index < -0.39 is 0 Å². The summed E-state index contributed by atoms with van der Waals surface area (Å²) in [5.41, 5.74) is 1.62. The molecule has 0 heteroatoms. The molecule has 0 aromatic carbocycles. The van der Waals surface area contributed by atoms with Crippen molar-refractivity contribution in [3.63, 3.8) is 0 Å². The molecule has 6 unspecified atom stereocenters. The number of hydrogen-bond acceptors (Lipinski definition) is 0. The lowest BCUT2D eigenvalue weighted by Crippen LogP contribution is -2.09. The van der Waals surface area contributed by atoms with Gasteiger partial charge in [0.05, 0.1) is 0 Å². The first-order valence-corrected chi connectivity index (χ1v) is 5.05. The van der Waals surface area contributed by atoms with Crippen LogP contribution in [0.15, 0.2) is 12.2 Å². The van der Waals surface area contributed by atoms with Crippen LogP contribution in [0.5, 0.6) is 0 Å². The summed E-state index contributed by atoms with van der Waals surface area (Å²) in [6.45, 7) is 4.16. The van der Waals surface area contributed by atoms with E-state index in [-0.39, 0.29) is 0 Å². The van der Waals surface area contributed by atoms with Gasteiger partial charge in [-0.05, 0) is 54.8 Å². The van der Waals surface area contributed by atoms with Crippen LogP contribution >= 0.6 is 0 Å². The molecule has 0 aliphatic heterocycles. The Kier molecular flexibility index (Phi) is 0.648. The van der Waals surface area contributed by atoms with Crippen molar-refractivity contribution in [2.75, 3.05) is 0 Å². The molecule has 0 heterocycles. The summed E-state index contributed by atoms with van der Waals surface area (Å²) in [4.78, 5) is 0. The Morgan fingerprint density at radius 3 is 2.91 bits per heavy atom. The highest BCUT2D eigenvalue weighted by Gasteiger charge is 2.66. The minimum atomic E-state index is 1.01. The summed E-state index contributed by atoms with van der Waals surface area (Å²) in [5, 5.41) is 0. The zero-order valence-electron chi connectivity index (χ0n) is 6.79. The molecule has 0 radical (unpaired) electrons. The maximum absolute atomic E-state index is 4.16. The van der Waals surface area contributed by atoms with E-state index in [0.29, 0.717) is 0 Å². The van der Waals surface area contributed by atoms with E-state index >= 15 is 0 Å². The van der Waals surface area contributed by atoms with Gasteiger partial charge < -0.3 is 0 Å². The Bertz CT molecular complexity index is 253. The van der Waals surface area contributed by atoms with E-state index in [1.165, 1.54) is 18.3 Å². The summed E-state index contributed by atoms with van der Waals surface area (Å²) < 4.78 is 0. The summed E-state index contributed by atoms with van der Waals surface area (Å²) >= 11 is 0. The van der Waals surface area contributed by atoms with Gasteiger partial charge in [0.1, 0.15) is 0 Å². The zero-order valence-corrected chi connectivity index (χ0v) is 6.79. The third-order valence-electron chi connectivity index (χ3n) is 4.82. The zero-order chi connectivity index (χ0) is 7.16. The Morgan fingerprint density at radius 2 is 2.00 bits per heavy atom. The van der Waals surface area contributed by atoms with E-state index in [4.69, 9.17) is 0 Å². The highest BCUT2D eigenvalue weighted by molar-refractivity contribution is 5.34. The van der Waals surface area contributed by atoms with Crippen molar-refractivity contribution in [3.8, 4) is 0 Å². The third kappa shape index (κ3) is 0.457. The van der Waals surface area contributed by atoms with Crippen molar-refractivity contribution in [3.05, 3.63) is 12.2 Å². The second-order valence-corrected chi connectivity index (χ2v) is 5.18. The summed E-state index contributed by atoms with van der Waals surface area (Å²) in [6.07, 6.45) is 4.70. The molecule has 4 rings (SSSR count). The van der Waals surface area contributed by atoms with Gasteiger partial charge >= 0.3 is 0 Å². The molecule has 4 fully saturated rings. The second-order valence-electron chi connectivity index (χ2n) is 5.18. The van der Waals surface area contributed by atoms with Crippen LogP contribution in [0, 0.1) is 35.5 Å². The minimum Gasteiger partial charge on any atom is -0.0992 e. The van der Waals surface area contributed by atoms with Gasteiger partial charge in [-0.3, -0.25) is 0 Å². The van der Waals surface area contributed by atoms with Gasteiger partial charge in [-0.15, -0.1) is 0 Å². The Balaban J connectivity index is 1.76. The quantitative estimate of drug-likeness (QED) is 0.460. The van der Waals surface area contributed by atoms with Crippen LogP contribution in [0.2, 0.25) is 0 Å². The van der Waals surface area contributed by atoms with Crippen LogP contribution in [-0.4, -0.2) is 0 Å². The Hall–Kier alpha value is -0.260. The van der Waals surface area contributed by atoms with Gasteiger partial charge in [0.15, 0.2) is 0 Å².